The minimum absolute atomic E-state index is 0.736. The summed E-state index contributed by atoms with van der Waals surface area (Å²) in [6.07, 6.45) is 20.2. The summed E-state index contributed by atoms with van der Waals surface area (Å²) in [6, 6.07) is 17.4. The van der Waals surface area contributed by atoms with Gasteiger partial charge < -0.3 is 0 Å². The summed E-state index contributed by atoms with van der Waals surface area (Å²) in [5, 5.41) is 8.45. The molecule has 0 spiro atoms. The van der Waals surface area contributed by atoms with Crippen LogP contribution in [0.15, 0.2) is 71.4 Å². The van der Waals surface area contributed by atoms with Gasteiger partial charge >= 0.3 is 0 Å². The highest BCUT2D eigenvalue weighted by Gasteiger charge is 2.21. The van der Waals surface area contributed by atoms with Gasteiger partial charge in [0, 0.05) is 0 Å². The monoisotopic (exact) mass is 428 g/mol. The third kappa shape index (κ3) is 8.22. The van der Waals surface area contributed by atoms with Crippen LogP contribution in [0.25, 0.3) is 0 Å². The Morgan fingerprint density at radius 2 is 1.44 bits per heavy atom. The van der Waals surface area contributed by atoms with E-state index in [-0.39, 0.29) is 0 Å². The second kappa shape index (κ2) is 13.8. The van der Waals surface area contributed by atoms with Gasteiger partial charge in [-0.25, -0.2) is 0 Å². The minimum atomic E-state index is 0.736. The van der Waals surface area contributed by atoms with Crippen LogP contribution in [0.5, 0.6) is 0 Å². The van der Waals surface area contributed by atoms with Crippen LogP contribution in [0, 0.1) is 5.92 Å². The van der Waals surface area contributed by atoms with Crippen molar-refractivity contribution < 1.29 is 0 Å². The number of hydrogen-bond acceptors (Lipinski definition) is 2. The third-order valence-electron chi connectivity index (χ3n) is 6.82. The van der Waals surface area contributed by atoms with Crippen molar-refractivity contribution in [2.75, 3.05) is 0 Å². The lowest BCUT2D eigenvalue weighted by molar-refractivity contribution is 0.302. The average Bonchev–Trinajstić information content (AvgIpc) is 2.85. The van der Waals surface area contributed by atoms with Crippen molar-refractivity contribution in [1.29, 1.82) is 0 Å². The number of benzene rings is 2. The molecule has 1 saturated carbocycles. The number of unbranched alkanes of at least 4 members (excludes halogenated alkanes) is 3. The maximum atomic E-state index is 4.23. The van der Waals surface area contributed by atoms with Crippen molar-refractivity contribution in [2.24, 2.45) is 16.1 Å². The summed E-state index contributed by atoms with van der Waals surface area (Å²) >= 11 is 0. The van der Waals surface area contributed by atoms with E-state index in [4.69, 9.17) is 0 Å². The van der Waals surface area contributed by atoms with E-state index in [1.165, 1.54) is 68.9 Å². The summed E-state index contributed by atoms with van der Waals surface area (Å²) < 4.78 is 0. The molecule has 0 atom stereocenters. The highest BCUT2D eigenvalue weighted by molar-refractivity contribution is 5.82. The van der Waals surface area contributed by atoms with E-state index in [2.05, 4.69) is 72.2 Å². The Morgan fingerprint density at radius 3 is 2.03 bits per heavy atom. The van der Waals surface area contributed by atoms with Gasteiger partial charge in [0.1, 0.15) is 0 Å². The molecule has 0 heterocycles. The van der Waals surface area contributed by atoms with E-state index in [0.717, 1.165) is 35.8 Å². The average molecular weight is 429 g/mol. The molecule has 1 aliphatic rings. The fraction of sp³-hybridized carbons (Fsp3) is 0.467. The van der Waals surface area contributed by atoms with Crippen molar-refractivity contribution in [2.45, 2.75) is 83.5 Å². The van der Waals surface area contributed by atoms with Crippen LogP contribution in [0.4, 0.5) is 0 Å². The van der Waals surface area contributed by atoms with Crippen molar-refractivity contribution >= 4 is 12.4 Å². The summed E-state index contributed by atoms with van der Waals surface area (Å²) in [7, 11) is 0. The van der Waals surface area contributed by atoms with Crippen LogP contribution >= 0.6 is 0 Å². The molecule has 0 bridgehead atoms. The summed E-state index contributed by atoms with van der Waals surface area (Å²) in [6.45, 7) is 6.07. The minimum Gasteiger partial charge on any atom is -0.159 e. The first kappa shape index (κ1) is 24.2. The van der Waals surface area contributed by atoms with Gasteiger partial charge in [0.15, 0.2) is 0 Å². The normalized spacial score (nSPS) is 19.0. The van der Waals surface area contributed by atoms with Crippen LogP contribution in [0.3, 0.4) is 0 Å². The molecule has 2 heteroatoms. The maximum Gasteiger partial charge on any atom is 0.0568 e. The predicted molar refractivity (Wildman–Crippen MR) is 140 cm³/mol. The molecule has 0 N–H and O–H groups in total. The van der Waals surface area contributed by atoms with Crippen LogP contribution < -0.4 is 0 Å². The first-order valence-electron chi connectivity index (χ1n) is 12.6. The Hall–Kier alpha value is -2.48. The molecule has 0 saturated heterocycles. The first-order chi connectivity index (χ1) is 15.8. The first-order valence-corrected chi connectivity index (χ1v) is 12.6. The molecule has 0 amide bonds. The van der Waals surface area contributed by atoms with E-state index in [1.807, 2.05) is 18.5 Å². The lowest BCUT2D eigenvalue weighted by atomic mass is 9.77. The van der Waals surface area contributed by atoms with E-state index >= 15 is 0 Å². The molecule has 2 aromatic rings. The molecular weight excluding hydrogens is 388 g/mol. The molecule has 32 heavy (non-hydrogen) atoms. The fourth-order valence-corrected chi connectivity index (χ4v) is 4.74. The van der Waals surface area contributed by atoms with Gasteiger partial charge in [-0.1, -0.05) is 93.6 Å². The second-order valence-corrected chi connectivity index (χ2v) is 9.29. The highest BCUT2D eigenvalue weighted by atomic mass is 15.2. The molecule has 0 radical (unpaired) electrons. The molecule has 1 aliphatic carbocycles. The zero-order valence-corrected chi connectivity index (χ0v) is 19.9. The molecule has 0 aromatic heterocycles. The van der Waals surface area contributed by atoms with Gasteiger partial charge in [0.05, 0.1) is 12.4 Å². The lowest BCUT2D eigenvalue weighted by Crippen LogP contribution is -2.13. The van der Waals surface area contributed by atoms with Crippen LogP contribution in [-0.2, 0) is 6.42 Å². The SMILES string of the molecule is C=CCCc1ccc(/C=N/N=C/c2ccc(C3CCC(CCCCCC)CC3)cc2)cc1. The van der Waals surface area contributed by atoms with Gasteiger partial charge in [0.2, 0.25) is 0 Å². The molecular formula is C30H40N2. The summed E-state index contributed by atoms with van der Waals surface area (Å²) in [5.41, 5.74) is 4.99. The van der Waals surface area contributed by atoms with E-state index in [0.29, 0.717) is 0 Å². The highest BCUT2D eigenvalue weighted by Crippen LogP contribution is 2.37. The quantitative estimate of drug-likeness (QED) is 0.140. The van der Waals surface area contributed by atoms with Gasteiger partial charge in [-0.3, -0.25) is 0 Å². The van der Waals surface area contributed by atoms with E-state index in [1.54, 1.807) is 0 Å². The number of allylic oxidation sites excluding steroid dienone is 1. The molecule has 2 aromatic carbocycles. The second-order valence-electron chi connectivity index (χ2n) is 9.29. The predicted octanol–water partition coefficient (Wildman–Crippen LogP) is 8.50. The molecule has 2 nitrogen and oxygen atoms in total. The van der Waals surface area contributed by atoms with Gasteiger partial charge in [-0.05, 0) is 72.6 Å². The maximum absolute atomic E-state index is 4.23. The molecule has 0 aliphatic heterocycles. The van der Waals surface area contributed by atoms with Crippen molar-refractivity contribution in [3.8, 4) is 0 Å². The van der Waals surface area contributed by atoms with Gasteiger partial charge in [-0.15, -0.1) is 6.58 Å². The molecule has 1 fully saturated rings. The van der Waals surface area contributed by atoms with Crippen LogP contribution in [0.2, 0.25) is 0 Å². The number of nitrogens with zero attached hydrogens (tertiary/aromatic N) is 2. The number of rotatable bonds is 12. The van der Waals surface area contributed by atoms with Crippen molar-refractivity contribution in [3.05, 3.63) is 83.4 Å². The van der Waals surface area contributed by atoms with Crippen molar-refractivity contribution in [3.63, 3.8) is 0 Å². The largest absolute Gasteiger partial charge is 0.159 e. The Morgan fingerprint density at radius 1 is 0.812 bits per heavy atom. The summed E-state index contributed by atoms with van der Waals surface area (Å²) in [4.78, 5) is 0. The molecule has 170 valence electrons. The van der Waals surface area contributed by atoms with Crippen LogP contribution in [-0.4, -0.2) is 12.4 Å². The van der Waals surface area contributed by atoms with Crippen molar-refractivity contribution in [1.82, 2.24) is 0 Å². The van der Waals surface area contributed by atoms with Crippen LogP contribution in [0.1, 0.15) is 99.3 Å². The zero-order valence-electron chi connectivity index (χ0n) is 19.9. The summed E-state index contributed by atoms with van der Waals surface area (Å²) in [5.74, 6) is 1.70. The molecule has 0 unspecified atom stereocenters. The lowest BCUT2D eigenvalue weighted by Gasteiger charge is -2.29. The number of aryl methyl sites for hydroxylation is 1. The van der Waals surface area contributed by atoms with E-state index < -0.39 is 0 Å². The standard InChI is InChI=1S/C30H40N2/c1-3-5-7-8-10-26-15-19-29(20-16-26)30-21-17-28(18-22-30)24-32-31-23-27-13-11-25(12-14-27)9-6-4-2/h4,11-14,17-18,21-24,26,29H,2-3,5-10,15-16,19-20H2,1H3/b31-23+,32-24+. The zero-order chi connectivity index (χ0) is 22.4. The Kier molecular flexibility index (Phi) is 10.4. The van der Waals surface area contributed by atoms with E-state index in [9.17, 15) is 0 Å². The topological polar surface area (TPSA) is 24.7 Å². The van der Waals surface area contributed by atoms with Gasteiger partial charge in [0.25, 0.3) is 0 Å². The number of hydrogen-bond donors (Lipinski definition) is 0. The molecule has 3 rings (SSSR count). The Balaban J connectivity index is 1.42. The fourth-order valence-electron chi connectivity index (χ4n) is 4.74. The Labute approximate surface area is 195 Å². The Bertz CT molecular complexity index is 837. The smallest absolute Gasteiger partial charge is 0.0568 e. The van der Waals surface area contributed by atoms with Gasteiger partial charge in [-0.2, -0.15) is 10.2 Å². The third-order valence-corrected chi connectivity index (χ3v) is 6.82.